The van der Waals surface area contributed by atoms with Crippen LogP contribution in [0.4, 0.5) is 4.39 Å². The average molecular weight is 399 g/mol. The molecule has 1 aliphatic heterocycles. The van der Waals surface area contributed by atoms with Gasteiger partial charge in [-0.05, 0) is 64.2 Å². The van der Waals surface area contributed by atoms with Gasteiger partial charge in [0.15, 0.2) is 0 Å². The highest BCUT2D eigenvalue weighted by molar-refractivity contribution is 7.99. The molecular weight excluding hydrogens is 371 g/mol. The normalized spacial score (nSPS) is 16.6. The number of piperidine rings is 1. The van der Waals surface area contributed by atoms with Crippen molar-refractivity contribution >= 4 is 29.3 Å². The molecule has 0 saturated carbocycles. The molecule has 0 aromatic heterocycles. The van der Waals surface area contributed by atoms with Crippen LogP contribution in [-0.2, 0) is 0 Å². The van der Waals surface area contributed by atoms with Crippen LogP contribution in [0.15, 0.2) is 29.2 Å². The summed E-state index contributed by atoms with van der Waals surface area (Å²) in [6.45, 7) is 12.4. The van der Waals surface area contributed by atoms with E-state index < -0.39 is 5.82 Å². The Bertz CT molecular complexity index is 657. The summed E-state index contributed by atoms with van der Waals surface area (Å²) in [6.07, 6.45) is 4.63. The van der Waals surface area contributed by atoms with Gasteiger partial charge in [0.1, 0.15) is 18.2 Å². The molecule has 2 rings (SSSR count). The quantitative estimate of drug-likeness (QED) is 0.348. The minimum Gasteiger partial charge on any atom is -0.489 e. The molecule has 1 aromatic rings. The maximum atomic E-state index is 14.0. The SMILES string of the molecule is C=CCOc1cc(F)c(Cl)cc1/C(=N/SC(C)(C)CC)C1CCNCC1. The van der Waals surface area contributed by atoms with Gasteiger partial charge in [0.05, 0.1) is 10.7 Å². The highest BCUT2D eigenvalue weighted by Crippen LogP contribution is 2.35. The van der Waals surface area contributed by atoms with E-state index in [1.165, 1.54) is 6.07 Å². The Hall–Kier alpha value is -1.04. The third-order valence-corrected chi connectivity index (χ3v) is 5.98. The first-order valence-corrected chi connectivity index (χ1v) is 10.2. The lowest BCUT2D eigenvalue weighted by Gasteiger charge is -2.27. The fourth-order valence-electron chi connectivity index (χ4n) is 2.67. The van der Waals surface area contributed by atoms with Gasteiger partial charge in [-0.15, -0.1) is 0 Å². The summed E-state index contributed by atoms with van der Waals surface area (Å²) in [5.74, 6) is 0.281. The zero-order chi connectivity index (χ0) is 19.2. The zero-order valence-corrected chi connectivity index (χ0v) is 17.4. The van der Waals surface area contributed by atoms with Crippen molar-refractivity contribution in [2.45, 2.75) is 44.8 Å². The van der Waals surface area contributed by atoms with Crippen molar-refractivity contribution in [2.75, 3.05) is 19.7 Å². The maximum absolute atomic E-state index is 14.0. The minimum atomic E-state index is -0.485. The number of hydrogen-bond donors (Lipinski definition) is 1. The molecule has 144 valence electrons. The van der Waals surface area contributed by atoms with Gasteiger partial charge in [0, 0.05) is 22.3 Å². The van der Waals surface area contributed by atoms with Crippen molar-refractivity contribution in [2.24, 2.45) is 10.3 Å². The van der Waals surface area contributed by atoms with Crippen LogP contribution in [0.3, 0.4) is 0 Å². The number of hydrogen-bond acceptors (Lipinski definition) is 4. The number of ether oxygens (including phenoxy) is 1. The Morgan fingerprint density at radius 3 is 2.77 bits per heavy atom. The molecule has 3 nitrogen and oxygen atoms in total. The molecule has 1 aromatic carbocycles. The van der Waals surface area contributed by atoms with E-state index in [1.807, 2.05) is 0 Å². The van der Waals surface area contributed by atoms with E-state index in [0.29, 0.717) is 18.3 Å². The summed E-state index contributed by atoms with van der Waals surface area (Å²) in [6, 6.07) is 3.00. The van der Waals surface area contributed by atoms with Crippen LogP contribution in [-0.4, -0.2) is 30.2 Å². The molecular formula is C20H28ClFN2OS. The highest BCUT2D eigenvalue weighted by atomic mass is 35.5. The fraction of sp³-hybridized carbons (Fsp3) is 0.550. The van der Waals surface area contributed by atoms with Crippen LogP contribution in [0, 0.1) is 11.7 Å². The van der Waals surface area contributed by atoms with E-state index in [9.17, 15) is 4.39 Å². The van der Waals surface area contributed by atoms with Crippen LogP contribution in [0.1, 0.15) is 45.6 Å². The zero-order valence-electron chi connectivity index (χ0n) is 15.8. The molecule has 0 atom stereocenters. The summed E-state index contributed by atoms with van der Waals surface area (Å²) >= 11 is 7.67. The van der Waals surface area contributed by atoms with E-state index >= 15 is 0 Å². The van der Waals surface area contributed by atoms with Crippen molar-refractivity contribution in [1.82, 2.24) is 5.32 Å². The Balaban J connectivity index is 2.47. The Labute approximate surface area is 165 Å². The Morgan fingerprint density at radius 1 is 1.46 bits per heavy atom. The Kier molecular flexibility index (Phi) is 7.99. The predicted octanol–water partition coefficient (Wildman–Crippen LogP) is 5.67. The average Bonchev–Trinajstić information content (AvgIpc) is 2.64. The van der Waals surface area contributed by atoms with Crippen molar-refractivity contribution in [1.29, 1.82) is 0 Å². The van der Waals surface area contributed by atoms with Gasteiger partial charge < -0.3 is 10.1 Å². The standard InChI is InChI=1S/C20H28ClFN2OS/c1-5-11-25-18-13-17(22)16(21)12-15(18)19(14-7-9-23-10-8-14)24-26-20(3,4)6-2/h5,12-14,23H,1,6-11H2,2-4H3/b24-19+. The summed E-state index contributed by atoms with van der Waals surface area (Å²) < 4.78 is 24.7. The van der Waals surface area contributed by atoms with E-state index in [1.54, 1.807) is 24.1 Å². The molecule has 6 heteroatoms. The third-order valence-electron chi connectivity index (χ3n) is 4.62. The lowest BCUT2D eigenvalue weighted by atomic mass is 9.88. The number of nitrogens with zero attached hydrogens (tertiary/aromatic N) is 1. The van der Waals surface area contributed by atoms with Crippen LogP contribution in [0.5, 0.6) is 5.75 Å². The molecule has 1 heterocycles. The molecule has 0 spiro atoms. The predicted molar refractivity (Wildman–Crippen MR) is 111 cm³/mol. The van der Waals surface area contributed by atoms with Gasteiger partial charge in [-0.1, -0.05) is 31.2 Å². The monoisotopic (exact) mass is 398 g/mol. The summed E-state index contributed by atoms with van der Waals surface area (Å²) in [5, 5.41) is 3.47. The third kappa shape index (κ3) is 5.73. The molecule has 26 heavy (non-hydrogen) atoms. The summed E-state index contributed by atoms with van der Waals surface area (Å²) in [7, 11) is 0. The molecule has 0 radical (unpaired) electrons. The van der Waals surface area contributed by atoms with E-state index in [4.69, 9.17) is 20.7 Å². The van der Waals surface area contributed by atoms with E-state index in [2.05, 4.69) is 32.7 Å². The summed E-state index contributed by atoms with van der Waals surface area (Å²) in [4.78, 5) is 0. The smallest absolute Gasteiger partial charge is 0.145 e. The topological polar surface area (TPSA) is 33.6 Å². The van der Waals surface area contributed by atoms with Crippen LogP contribution in [0.25, 0.3) is 0 Å². The van der Waals surface area contributed by atoms with Gasteiger partial charge in [0.2, 0.25) is 0 Å². The molecule has 1 fully saturated rings. The van der Waals surface area contributed by atoms with Crippen molar-refractivity contribution < 1.29 is 9.13 Å². The molecule has 0 amide bonds. The first-order valence-electron chi connectivity index (χ1n) is 9.08. The van der Waals surface area contributed by atoms with Gasteiger partial charge in [-0.2, -0.15) is 0 Å². The van der Waals surface area contributed by atoms with Crippen LogP contribution in [0.2, 0.25) is 5.02 Å². The second-order valence-electron chi connectivity index (χ2n) is 7.07. The minimum absolute atomic E-state index is 0.0319. The van der Waals surface area contributed by atoms with Gasteiger partial charge in [0.25, 0.3) is 0 Å². The molecule has 0 aliphatic carbocycles. The lowest BCUT2D eigenvalue weighted by Crippen LogP contribution is -2.32. The van der Waals surface area contributed by atoms with Crippen molar-refractivity contribution in [3.63, 3.8) is 0 Å². The van der Waals surface area contributed by atoms with Crippen LogP contribution < -0.4 is 10.1 Å². The molecule has 1 saturated heterocycles. The van der Waals surface area contributed by atoms with Crippen molar-refractivity contribution in [3.8, 4) is 5.75 Å². The van der Waals surface area contributed by atoms with Gasteiger partial charge in [-0.25, -0.2) is 8.79 Å². The molecule has 0 bridgehead atoms. The lowest BCUT2D eigenvalue weighted by molar-refractivity contribution is 0.359. The van der Waals surface area contributed by atoms with E-state index in [-0.39, 0.29) is 9.77 Å². The maximum Gasteiger partial charge on any atom is 0.145 e. The summed E-state index contributed by atoms with van der Waals surface area (Å²) in [5.41, 5.74) is 1.73. The van der Waals surface area contributed by atoms with Crippen LogP contribution >= 0.6 is 23.5 Å². The molecule has 1 N–H and O–H groups in total. The van der Waals surface area contributed by atoms with E-state index in [0.717, 1.165) is 43.6 Å². The first-order chi connectivity index (χ1) is 12.4. The second-order valence-corrected chi connectivity index (χ2v) is 8.95. The number of nitrogens with one attached hydrogen (secondary N) is 1. The first kappa shape index (κ1) is 21.3. The highest BCUT2D eigenvalue weighted by Gasteiger charge is 2.26. The number of halogens is 2. The number of rotatable bonds is 8. The van der Waals surface area contributed by atoms with Gasteiger partial charge >= 0.3 is 0 Å². The fourth-order valence-corrected chi connectivity index (χ4v) is 3.56. The van der Waals surface area contributed by atoms with Crippen molar-refractivity contribution in [3.05, 3.63) is 41.2 Å². The molecule has 1 aliphatic rings. The Morgan fingerprint density at radius 2 is 2.15 bits per heavy atom. The molecule has 0 unspecified atom stereocenters. The second kappa shape index (κ2) is 9.77. The largest absolute Gasteiger partial charge is 0.489 e. The van der Waals surface area contributed by atoms with Gasteiger partial charge in [-0.3, -0.25) is 0 Å². The number of benzene rings is 1.